The van der Waals surface area contributed by atoms with E-state index < -0.39 is 18.0 Å². The van der Waals surface area contributed by atoms with Gasteiger partial charge in [-0.15, -0.1) is 0 Å². The second-order valence-corrected chi connectivity index (χ2v) is 9.87. The number of aromatic nitrogens is 1. The number of nitrogens with zero attached hydrogens (tertiary/aromatic N) is 3. The van der Waals surface area contributed by atoms with Gasteiger partial charge < -0.3 is 24.8 Å². The van der Waals surface area contributed by atoms with Crippen LogP contribution in [0.4, 0.5) is 5.69 Å². The zero-order chi connectivity index (χ0) is 29.7. The number of aliphatic carboxylic acids is 1. The number of ether oxygens (including phenoxy) is 2. The number of rotatable bonds is 12. The fourth-order valence-electron chi connectivity index (χ4n) is 4.64. The van der Waals surface area contributed by atoms with Gasteiger partial charge in [0.25, 0.3) is 0 Å². The lowest BCUT2D eigenvalue weighted by Gasteiger charge is -2.33. The molecule has 10 nitrogen and oxygen atoms in total. The van der Waals surface area contributed by atoms with E-state index in [1.165, 1.54) is 12.1 Å². The average Bonchev–Trinajstić information content (AvgIpc) is 3.02. The highest BCUT2D eigenvalue weighted by atomic mass is 16.5. The van der Waals surface area contributed by atoms with E-state index in [4.69, 9.17) is 14.6 Å². The van der Waals surface area contributed by atoms with Crippen LogP contribution < -0.4 is 15.0 Å². The predicted octanol–water partition coefficient (Wildman–Crippen LogP) is 3.96. The Labute approximate surface area is 244 Å². The van der Waals surface area contributed by atoms with Crippen LogP contribution in [0.25, 0.3) is 6.08 Å². The molecule has 1 fully saturated rings. The molecule has 3 aromatic rings. The van der Waals surface area contributed by atoms with Gasteiger partial charge >= 0.3 is 11.9 Å². The largest absolute Gasteiger partial charge is 0.491 e. The van der Waals surface area contributed by atoms with Crippen molar-refractivity contribution in [3.63, 3.8) is 0 Å². The number of amides is 1. The molecule has 42 heavy (non-hydrogen) atoms. The second kappa shape index (κ2) is 15.0. The molecule has 1 aromatic heterocycles. The summed E-state index contributed by atoms with van der Waals surface area (Å²) >= 11 is 0. The van der Waals surface area contributed by atoms with Crippen LogP contribution in [0.15, 0.2) is 79.1 Å². The number of nitrogens with one attached hydrogen (secondary N) is 1. The number of hydrogen-bond donors (Lipinski definition) is 2. The summed E-state index contributed by atoms with van der Waals surface area (Å²) in [6.45, 7) is 1.43. The lowest BCUT2D eigenvalue weighted by atomic mass is 9.95. The molecule has 1 saturated heterocycles. The first-order chi connectivity index (χ1) is 20.4. The van der Waals surface area contributed by atoms with Gasteiger partial charge in [-0.25, -0.2) is 4.79 Å². The molecule has 0 aliphatic carbocycles. The van der Waals surface area contributed by atoms with Crippen molar-refractivity contribution >= 4 is 29.6 Å². The molecule has 10 heteroatoms. The fraction of sp³-hybridized carbons (Fsp3) is 0.281. The SMILES string of the molecule is N#Cc1ccc(/C=C/C(=O)O)c(OCC(CC(=O)OCc2ccccc2)NC(=O)C2CCN(c3ccncc3)CC2)c1. The molecule has 0 bridgehead atoms. The van der Waals surface area contributed by atoms with Crippen molar-refractivity contribution < 1.29 is 29.0 Å². The molecular formula is C32H32N4O6. The lowest BCUT2D eigenvalue weighted by molar-refractivity contribution is -0.146. The van der Waals surface area contributed by atoms with E-state index in [2.05, 4.69) is 15.2 Å². The number of esters is 1. The highest BCUT2D eigenvalue weighted by Gasteiger charge is 2.28. The Kier molecular flexibility index (Phi) is 10.6. The van der Waals surface area contributed by atoms with Crippen molar-refractivity contribution in [2.24, 2.45) is 5.92 Å². The van der Waals surface area contributed by atoms with Crippen LogP contribution in [0, 0.1) is 17.2 Å². The van der Waals surface area contributed by atoms with E-state index in [1.807, 2.05) is 48.5 Å². The third-order valence-electron chi connectivity index (χ3n) is 6.88. The summed E-state index contributed by atoms with van der Waals surface area (Å²) in [5, 5.41) is 21.3. The molecule has 1 aliphatic rings. The minimum Gasteiger partial charge on any atom is -0.491 e. The van der Waals surface area contributed by atoms with E-state index in [0.29, 0.717) is 37.1 Å². The average molecular weight is 569 g/mol. The highest BCUT2D eigenvalue weighted by molar-refractivity contribution is 5.86. The Hall–Kier alpha value is -5.17. The summed E-state index contributed by atoms with van der Waals surface area (Å²) in [4.78, 5) is 43.4. The standard InChI is InChI=1S/C32H32N4O6/c33-20-24-6-7-25(8-9-30(37)38)29(18-24)41-22-27(19-31(39)42-21-23-4-2-1-3-5-23)35-32(40)26-12-16-36(17-13-26)28-10-14-34-15-11-28/h1-11,14-15,18,26-27H,12-13,16-17,19,21-22H2,(H,35,40)(H,37,38)/b9-8+. The van der Waals surface area contributed by atoms with E-state index in [9.17, 15) is 19.6 Å². The van der Waals surface area contributed by atoms with E-state index in [0.717, 1.165) is 17.3 Å². The number of nitriles is 1. The molecule has 2 aromatic carbocycles. The summed E-state index contributed by atoms with van der Waals surface area (Å²) in [6.07, 6.45) is 6.97. The van der Waals surface area contributed by atoms with Crippen molar-refractivity contribution in [1.29, 1.82) is 5.26 Å². The number of carbonyl (C=O) groups is 3. The van der Waals surface area contributed by atoms with E-state index in [1.54, 1.807) is 24.5 Å². The van der Waals surface area contributed by atoms with Crippen LogP contribution in [0.3, 0.4) is 0 Å². The Bertz CT molecular complexity index is 1430. The van der Waals surface area contributed by atoms with Crippen molar-refractivity contribution in [1.82, 2.24) is 10.3 Å². The third-order valence-corrected chi connectivity index (χ3v) is 6.88. The van der Waals surface area contributed by atoms with Gasteiger partial charge in [-0.1, -0.05) is 30.3 Å². The van der Waals surface area contributed by atoms with Gasteiger partial charge in [0, 0.05) is 48.7 Å². The van der Waals surface area contributed by atoms with Gasteiger partial charge in [0.05, 0.1) is 24.1 Å². The second-order valence-electron chi connectivity index (χ2n) is 9.87. The zero-order valence-corrected chi connectivity index (χ0v) is 23.0. The minimum absolute atomic E-state index is 0.0924. The summed E-state index contributed by atoms with van der Waals surface area (Å²) in [5.41, 5.74) is 2.66. The van der Waals surface area contributed by atoms with E-state index >= 15 is 0 Å². The number of carboxylic acids is 1. The van der Waals surface area contributed by atoms with Gasteiger partial charge in [-0.05, 0) is 54.8 Å². The number of piperidine rings is 1. The Morgan fingerprint density at radius 3 is 2.52 bits per heavy atom. The number of carboxylic acid groups (broad SMARTS) is 1. The van der Waals surface area contributed by atoms with Crippen molar-refractivity contribution in [2.75, 3.05) is 24.6 Å². The van der Waals surface area contributed by atoms with Crippen LogP contribution in [-0.2, 0) is 25.7 Å². The van der Waals surface area contributed by atoms with Gasteiger partial charge in [0.2, 0.25) is 5.91 Å². The normalized spacial score (nSPS) is 14.1. The van der Waals surface area contributed by atoms with Gasteiger partial charge in [0.1, 0.15) is 19.0 Å². The summed E-state index contributed by atoms with van der Waals surface area (Å²) in [6, 6.07) is 19.1. The molecule has 0 spiro atoms. The van der Waals surface area contributed by atoms with Crippen molar-refractivity contribution in [2.45, 2.75) is 31.9 Å². The maximum absolute atomic E-state index is 13.3. The number of carbonyl (C=O) groups excluding carboxylic acids is 2. The molecule has 216 valence electrons. The van der Waals surface area contributed by atoms with Crippen molar-refractivity contribution in [3.05, 3.63) is 95.8 Å². The molecule has 0 saturated carbocycles. The summed E-state index contributed by atoms with van der Waals surface area (Å²) in [5.74, 6) is -1.79. The Morgan fingerprint density at radius 2 is 1.83 bits per heavy atom. The smallest absolute Gasteiger partial charge is 0.328 e. The summed E-state index contributed by atoms with van der Waals surface area (Å²) < 4.78 is 11.4. The minimum atomic E-state index is -1.13. The quantitative estimate of drug-likeness (QED) is 0.245. The molecule has 1 aliphatic heterocycles. The molecular weight excluding hydrogens is 536 g/mol. The Balaban J connectivity index is 1.42. The molecule has 1 atom stereocenters. The zero-order valence-electron chi connectivity index (χ0n) is 23.0. The number of benzene rings is 2. The van der Waals surface area contributed by atoms with Crippen LogP contribution >= 0.6 is 0 Å². The molecule has 0 radical (unpaired) electrons. The van der Waals surface area contributed by atoms with Crippen LogP contribution in [0.5, 0.6) is 5.75 Å². The van der Waals surface area contributed by atoms with Gasteiger partial charge in [-0.3, -0.25) is 14.6 Å². The van der Waals surface area contributed by atoms with Gasteiger partial charge in [0.15, 0.2) is 0 Å². The maximum Gasteiger partial charge on any atom is 0.328 e. The molecule has 1 amide bonds. The number of anilines is 1. The first-order valence-corrected chi connectivity index (χ1v) is 13.6. The third kappa shape index (κ3) is 8.93. The van der Waals surface area contributed by atoms with E-state index in [-0.39, 0.29) is 37.2 Å². The topological polar surface area (TPSA) is 142 Å². The highest BCUT2D eigenvalue weighted by Crippen LogP contribution is 2.24. The Morgan fingerprint density at radius 1 is 1.10 bits per heavy atom. The van der Waals surface area contributed by atoms with Crippen molar-refractivity contribution in [3.8, 4) is 11.8 Å². The maximum atomic E-state index is 13.3. The molecule has 4 rings (SSSR count). The first-order valence-electron chi connectivity index (χ1n) is 13.6. The van der Waals surface area contributed by atoms with Gasteiger partial charge in [-0.2, -0.15) is 5.26 Å². The molecule has 2 heterocycles. The number of pyridine rings is 1. The van der Waals surface area contributed by atoms with Crippen LogP contribution in [0.1, 0.15) is 36.0 Å². The monoisotopic (exact) mass is 568 g/mol. The number of hydrogen-bond acceptors (Lipinski definition) is 8. The molecule has 1 unspecified atom stereocenters. The predicted molar refractivity (Wildman–Crippen MR) is 155 cm³/mol. The lowest BCUT2D eigenvalue weighted by Crippen LogP contribution is -2.46. The molecule has 2 N–H and O–H groups in total. The first kappa shape index (κ1) is 29.8. The van der Waals surface area contributed by atoms with Crippen LogP contribution in [-0.4, -0.2) is 53.7 Å². The van der Waals surface area contributed by atoms with Crippen LogP contribution in [0.2, 0.25) is 0 Å². The fourth-order valence-corrected chi connectivity index (χ4v) is 4.64. The summed E-state index contributed by atoms with van der Waals surface area (Å²) in [7, 11) is 0.